The molecule has 0 aliphatic heterocycles. The first-order valence-electron chi connectivity index (χ1n) is 13.0. The molecule has 2 aromatic heterocycles. The van der Waals surface area contributed by atoms with Crippen LogP contribution in [-0.2, 0) is 4.74 Å². The third-order valence-electron chi connectivity index (χ3n) is 7.31. The average Bonchev–Trinajstić information content (AvgIpc) is 3.33. The molecule has 2 heterocycles. The standard InChI is InChI=1S/C31H29N3O3/c1-2-37-31(36)22-14-16-28-27(18-22)33-30(34(28)23-11-7-4-8-12-23)21-13-15-25-24(17-21)29(35)19-26(32-25)20-9-5-3-6-10-20/h3,5-6,9-10,13-19,23H,2,4,7-8,11-12H2,1H3,(H,32,35). The van der Waals surface area contributed by atoms with Gasteiger partial charge in [0.2, 0.25) is 0 Å². The minimum Gasteiger partial charge on any atom is -0.462 e. The number of ether oxygens (including phenoxy) is 1. The van der Waals surface area contributed by atoms with Gasteiger partial charge in [0, 0.05) is 34.3 Å². The van der Waals surface area contributed by atoms with Crippen molar-refractivity contribution in [1.82, 2.24) is 14.5 Å². The van der Waals surface area contributed by atoms with Crippen molar-refractivity contribution in [2.45, 2.75) is 45.1 Å². The van der Waals surface area contributed by atoms with Crippen LogP contribution in [0.1, 0.15) is 55.4 Å². The molecule has 1 aliphatic carbocycles. The van der Waals surface area contributed by atoms with Gasteiger partial charge in [-0.2, -0.15) is 0 Å². The molecule has 1 aliphatic rings. The highest BCUT2D eigenvalue weighted by Crippen LogP contribution is 2.36. The molecule has 0 saturated heterocycles. The molecular weight excluding hydrogens is 462 g/mol. The maximum Gasteiger partial charge on any atom is 0.338 e. The van der Waals surface area contributed by atoms with Gasteiger partial charge in [0.05, 0.1) is 23.2 Å². The number of nitrogens with zero attached hydrogens (tertiary/aromatic N) is 2. The summed E-state index contributed by atoms with van der Waals surface area (Å²) < 4.78 is 7.52. The predicted molar refractivity (Wildman–Crippen MR) is 147 cm³/mol. The summed E-state index contributed by atoms with van der Waals surface area (Å²) in [5.41, 5.74) is 5.69. The van der Waals surface area contributed by atoms with Crippen molar-refractivity contribution in [3.63, 3.8) is 0 Å². The molecule has 0 spiro atoms. The lowest BCUT2D eigenvalue weighted by Gasteiger charge is -2.25. The lowest BCUT2D eigenvalue weighted by molar-refractivity contribution is 0.0526. The van der Waals surface area contributed by atoms with Crippen molar-refractivity contribution in [1.29, 1.82) is 0 Å². The highest BCUT2D eigenvalue weighted by atomic mass is 16.5. The number of nitrogens with one attached hydrogen (secondary N) is 1. The molecule has 1 fully saturated rings. The van der Waals surface area contributed by atoms with Gasteiger partial charge >= 0.3 is 5.97 Å². The molecule has 6 nitrogen and oxygen atoms in total. The van der Waals surface area contributed by atoms with Crippen LogP contribution in [0.15, 0.2) is 77.6 Å². The maximum absolute atomic E-state index is 13.2. The molecule has 186 valence electrons. The number of aromatic amines is 1. The summed E-state index contributed by atoms with van der Waals surface area (Å²) >= 11 is 0. The van der Waals surface area contributed by atoms with Gasteiger partial charge in [-0.3, -0.25) is 4.79 Å². The van der Waals surface area contributed by atoms with Crippen molar-refractivity contribution in [3.05, 3.63) is 88.6 Å². The first kappa shape index (κ1) is 23.2. The number of carbonyl (C=O) groups is 1. The highest BCUT2D eigenvalue weighted by Gasteiger charge is 2.23. The molecule has 6 heteroatoms. The molecule has 0 atom stereocenters. The Kier molecular flexibility index (Phi) is 6.08. The number of carbonyl (C=O) groups excluding carboxylic acids is 1. The van der Waals surface area contributed by atoms with Crippen molar-refractivity contribution in [2.75, 3.05) is 6.61 Å². The van der Waals surface area contributed by atoms with Crippen molar-refractivity contribution >= 4 is 27.9 Å². The molecule has 0 bridgehead atoms. The topological polar surface area (TPSA) is 77.0 Å². The van der Waals surface area contributed by atoms with Gasteiger partial charge in [-0.05, 0) is 61.7 Å². The number of benzene rings is 3. The van der Waals surface area contributed by atoms with E-state index in [0.29, 0.717) is 23.6 Å². The fraction of sp³-hybridized carbons (Fsp3) is 0.258. The number of H-pyrrole nitrogens is 1. The molecular formula is C31H29N3O3. The van der Waals surface area contributed by atoms with E-state index >= 15 is 0 Å². The fourth-order valence-electron chi connectivity index (χ4n) is 5.51. The number of hydrogen-bond acceptors (Lipinski definition) is 4. The zero-order valence-corrected chi connectivity index (χ0v) is 20.9. The fourth-order valence-corrected chi connectivity index (χ4v) is 5.51. The van der Waals surface area contributed by atoms with E-state index in [2.05, 4.69) is 9.55 Å². The second-order valence-electron chi connectivity index (χ2n) is 9.69. The van der Waals surface area contributed by atoms with Gasteiger partial charge < -0.3 is 14.3 Å². The van der Waals surface area contributed by atoms with E-state index in [4.69, 9.17) is 9.72 Å². The largest absolute Gasteiger partial charge is 0.462 e. The Morgan fingerprint density at radius 1 is 0.973 bits per heavy atom. The Morgan fingerprint density at radius 2 is 1.78 bits per heavy atom. The SMILES string of the molecule is CCOC(=O)c1ccc2c(c1)nc(-c1ccc3[nH]c(-c4ccccc4)cc(=O)c3c1)n2C1CCCCC1. The van der Waals surface area contributed by atoms with E-state index in [-0.39, 0.29) is 11.4 Å². The van der Waals surface area contributed by atoms with E-state index in [1.165, 1.54) is 19.3 Å². The van der Waals surface area contributed by atoms with E-state index in [0.717, 1.165) is 52.0 Å². The van der Waals surface area contributed by atoms with Gasteiger partial charge in [0.15, 0.2) is 5.43 Å². The summed E-state index contributed by atoms with van der Waals surface area (Å²) in [6.45, 7) is 2.13. The molecule has 1 N–H and O–H groups in total. The number of aromatic nitrogens is 3. The third-order valence-corrected chi connectivity index (χ3v) is 7.31. The van der Waals surface area contributed by atoms with Gasteiger partial charge in [-0.1, -0.05) is 49.6 Å². The molecule has 37 heavy (non-hydrogen) atoms. The van der Waals surface area contributed by atoms with E-state index in [1.54, 1.807) is 13.0 Å². The van der Waals surface area contributed by atoms with Crippen LogP contribution < -0.4 is 5.43 Å². The Morgan fingerprint density at radius 3 is 2.57 bits per heavy atom. The second kappa shape index (κ2) is 9.69. The van der Waals surface area contributed by atoms with Crippen LogP contribution in [0, 0.1) is 0 Å². The van der Waals surface area contributed by atoms with E-state index < -0.39 is 0 Å². The minimum atomic E-state index is -0.343. The van der Waals surface area contributed by atoms with E-state index in [9.17, 15) is 9.59 Å². The summed E-state index contributed by atoms with van der Waals surface area (Å²) in [5, 5.41) is 0.631. The Labute approximate surface area is 214 Å². The quantitative estimate of drug-likeness (QED) is 0.272. The number of pyridine rings is 1. The van der Waals surface area contributed by atoms with E-state index in [1.807, 2.05) is 66.7 Å². The number of rotatable bonds is 5. The molecule has 0 amide bonds. The van der Waals surface area contributed by atoms with Crippen molar-refractivity contribution in [2.24, 2.45) is 0 Å². The Balaban J connectivity index is 1.49. The van der Waals surface area contributed by atoms with Crippen LogP contribution in [0.25, 0.3) is 44.6 Å². The minimum absolute atomic E-state index is 0.0284. The average molecular weight is 492 g/mol. The maximum atomic E-state index is 13.2. The summed E-state index contributed by atoms with van der Waals surface area (Å²) in [7, 11) is 0. The van der Waals surface area contributed by atoms with Gasteiger partial charge in [-0.25, -0.2) is 9.78 Å². The number of fused-ring (bicyclic) bond motifs is 2. The van der Waals surface area contributed by atoms with Crippen LogP contribution in [0.4, 0.5) is 0 Å². The molecule has 6 rings (SSSR count). The van der Waals surface area contributed by atoms with Gasteiger partial charge in [-0.15, -0.1) is 0 Å². The first-order chi connectivity index (χ1) is 18.1. The normalized spacial score (nSPS) is 14.3. The molecule has 5 aromatic rings. The monoisotopic (exact) mass is 491 g/mol. The van der Waals surface area contributed by atoms with Gasteiger partial charge in [0.25, 0.3) is 0 Å². The lowest BCUT2D eigenvalue weighted by Crippen LogP contribution is -2.14. The smallest absolute Gasteiger partial charge is 0.338 e. The Hall–Kier alpha value is -4.19. The van der Waals surface area contributed by atoms with Gasteiger partial charge in [0.1, 0.15) is 5.82 Å². The number of esters is 1. The predicted octanol–water partition coefficient (Wildman–Crippen LogP) is 6.89. The van der Waals surface area contributed by atoms with Crippen molar-refractivity contribution in [3.8, 4) is 22.6 Å². The van der Waals surface area contributed by atoms with Crippen LogP contribution >= 0.6 is 0 Å². The number of hydrogen-bond donors (Lipinski definition) is 1. The summed E-state index contributed by atoms with van der Waals surface area (Å²) in [4.78, 5) is 34.0. The highest BCUT2D eigenvalue weighted by molar-refractivity contribution is 5.95. The van der Waals surface area contributed by atoms with Crippen LogP contribution in [0.3, 0.4) is 0 Å². The summed E-state index contributed by atoms with van der Waals surface area (Å²) in [6.07, 6.45) is 5.80. The zero-order valence-electron chi connectivity index (χ0n) is 20.9. The Bertz CT molecular complexity index is 1660. The summed E-state index contributed by atoms with van der Waals surface area (Å²) in [6, 6.07) is 23.4. The first-order valence-corrected chi connectivity index (χ1v) is 13.0. The molecule has 0 radical (unpaired) electrons. The van der Waals surface area contributed by atoms with Crippen LogP contribution in [-0.4, -0.2) is 27.1 Å². The molecule has 1 saturated carbocycles. The summed E-state index contributed by atoms with van der Waals surface area (Å²) in [5.74, 6) is 0.487. The van der Waals surface area contributed by atoms with Crippen LogP contribution in [0.2, 0.25) is 0 Å². The molecule has 0 unspecified atom stereocenters. The lowest BCUT2D eigenvalue weighted by atomic mass is 9.94. The third kappa shape index (κ3) is 4.33. The molecule has 3 aromatic carbocycles. The number of imidazole rings is 1. The second-order valence-corrected chi connectivity index (χ2v) is 9.69. The van der Waals surface area contributed by atoms with Crippen LogP contribution in [0.5, 0.6) is 0 Å². The van der Waals surface area contributed by atoms with Crippen molar-refractivity contribution < 1.29 is 9.53 Å². The zero-order chi connectivity index (χ0) is 25.4.